The van der Waals surface area contributed by atoms with Gasteiger partial charge in [0, 0.05) is 5.56 Å². The number of oxazole rings is 1. The van der Waals surface area contributed by atoms with Crippen molar-refractivity contribution in [2.45, 2.75) is 0 Å². The maximum absolute atomic E-state index is 13.3. The summed E-state index contributed by atoms with van der Waals surface area (Å²) in [6.07, 6.45) is 1.65. The molecule has 0 saturated carbocycles. The van der Waals surface area contributed by atoms with Crippen LogP contribution in [0.25, 0.3) is 22.7 Å². The molecule has 4 rings (SSSR count). The smallest absolute Gasteiger partial charge is 0.231 e. The Kier molecular flexibility index (Phi) is 4.72. The predicted molar refractivity (Wildman–Crippen MR) is 106 cm³/mol. The Morgan fingerprint density at radius 1 is 1.00 bits per heavy atom. The van der Waals surface area contributed by atoms with Gasteiger partial charge in [-0.05, 0) is 60.2 Å². The van der Waals surface area contributed by atoms with E-state index in [0.29, 0.717) is 28.0 Å². The standard InChI is InChI=1S/C23H16FNO3/c1-27-18-12-8-16(9-13-18)22(26)19(14-15-6-10-17(24)11-7-15)23-25-20-4-2-3-5-21(20)28-23/h2-14H,1H3/b19-14-. The number of carbonyl (C=O) groups excluding carboxylic acids is 1. The summed E-state index contributed by atoms with van der Waals surface area (Å²) in [5.74, 6) is 0.273. The maximum atomic E-state index is 13.3. The molecule has 0 saturated heterocycles. The van der Waals surface area contributed by atoms with Crippen molar-refractivity contribution >= 4 is 28.5 Å². The molecule has 1 heterocycles. The van der Waals surface area contributed by atoms with Crippen LogP contribution in [0.4, 0.5) is 4.39 Å². The van der Waals surface area contributed by atoms with Gasteiger partial charge >= 0.3 is 0 Å². The van der Waals surface area contributed by atoms with Crippen LogP contribution >= 0.6 is 0 Å². The normalized spacial score (nSPS) is 11.6. The first-order chi connectivity index (χ1) is 13.6. The molecule has 0 aliphatic carbocycles. The molecule has 4 aromatic rings. The zero-order valence-corrected chi connectivity index (χ0v) is 15.1. The van der Waals surface area contributed by atoms with Crippen LogP contribution in [0.3, 0.4) is 0 Å². The number of Topliss-reactive ketones (excluding diaryl/α,β-unsaturated/α-hetero) is 1. The average molecular weight is 373 g/mol. The number of benzene rings is 3. The largest absolute Gasteiger partial charge is 0.497 e. The summed E-state index contributed by atoms with van der Waals surface area (Å²) in [4.78, 5) is 17.7. The Hall–Kier alpha value is -3.73. The minimum Gasteiger partial charge on any atom is -0.497 e. The van der Waals surface area contributed by atoms with E-state index in [4.69, 9.17) is 9.15 Å². The Morgan fingerprint density at radius 2 is 1.71 bits per heavy atom. The number of carbonyl (C=O) groups is 1. The fourth-order valence-electron chi connectivity index (χ4n) is 2.84. The summed E-state index contributed by atoms with van der Waals surface area (Å²) in [5.41, 5.74) is 2.67. The molecule has 0 atom stereocenters. The number of para-hydroxylation sites is 2. The van der Waals surface area contributed by atoms with Crippen LogP contribution in [0.5, 0.6) is 5.75 Å². The molecule has 0 spiro atoms. The summed E-state index contributed by atoms with van der Waals surface area (Å²) in [6, 6.07) is 20.0. The van der Waals surface area contributed by atoms with Gasteiger partial charge in [-0.15, -0.1) is 0 Å². The zero-order chi connectivity index (χ0) is 19.5. The van der Waals surface area contributed by atoms with Gasteiger partial charge in [0.05, 0.1) is 12.7 Å². The highest BCUT2D eigenvalue weighted by Crippen LogP contribution is 2.27. The lowest BCUT2D eigenvalue weighted by Gasteiger charge is -2.05. The minimum atomic E-state index is -0.345. The Bertz CT molecular complexity index is 1130. The van der Waals surface area contributed by atoms with Crippen LogP contribution in [0.2, 0.25) is 0 Å². The van der Waals surface area contributed by atoms with Crippen molar-refractivity contribution in [3.8, 4) is 5.75 Å². The molecule has 0 amide bonds. The third kappa shape index (κ3) is 3.55. The highest BCUT2D eigenvalue weighted by Gasteiger charge is 2.20. The van der Waals surface area contributed by atoms with Gasteiger partial charge < -0.3 is 9.15 Å². The number of halogens is 1. The Balaban J connectivity index is 1.82. The van der Waals surface area contributed by atoms with Crippen LogP contribution in [0, 0.1) is 5.82 Å². The molecule has 1 aromatic heterocycles. The number of fused-ring (bicyclic) bond motifs is 1. The van der Waals surface area contributed by atoms with E-state index in [1.807, 2.05) is 18.2 Å². The second-order valence-electron chi connectivity index (χ2n) is 6.15. The molecule has 5 heteroatoms. The van der Waals surface area contributed by atoms with E-state index < -0.39 is 0 Å². The molecule has 0 N–H and O–H groups in total. The number of rotatable bonds is 5. The van der Waals surface area contributed by atoms with Gasteiger partial charge in [0.2, 0.25) is 5.89 Å². The number of ether oxygens (including phenoxy) is 1. The summed E-state index contributed by atoms with van der Waals surface area (Å²) in [7, 11) is 1.56. The van der Waals surface area contributed by atoms with Crippen LogP contribution in [-0.4, -0.2) is 17.9 Å². The second kappa shape index (κ2) is 7.48. The lowest BCUT2D eigenvalue weighted by molar-refractivity contribution is 0.105. The Morgan fingerprint density at radius 3 is 2.39 bits per heavy atom. The topological polar surface area (TPSA) is 52.3 Å². The number of allylic oxidation sites excluding steroid dienone is 1. The minimum absolute atomic E-state index is 0.214. The first-order valence-electron chi connectivity index (χ1n) is 8.66. The van der Waals surface area contributed by atoms with Gasteiger partial charge in [0.25, 0.3) is 0 Å². The van der Waals surface area contributed by atoms with Gasteiger partial charge in [-0.25, -0.2) is 9.37 Å². The highest BCUT2D eigenvalue weighted by atomic mass is 19.1. The summed E-state index contributed by atoms with van der Waals surface area (Å²) < 4.78 is 24.2. The van der Waals surface area contributed by atoms with E-state index in [0.717, 1.165) is 0 Å². The van der Waals surface area contributed by atoms with Crippen LogP contribution < -0.4 is 4.74 Å². The van der Waals surface area contributed by atoms with Crippen molar-refractivity contribution < 1.29 is 18.3 Å². The molecule has 0 unspecified atom stereocenters. The van der Waals surface area contributed by atoms with Gasteiger partial charge in [-0.3, -0.25) is 4.79 Å². The molecule has 0 fully saturated rings. The monoisotopic (exact) mass is 373 g/mol. The van der Waals surface area contributed by atoms with Crippen molar-refractivity contribution in [2.24, 2.45) is 0 Å². The summed E-state index contributed by atoms with van der Waals surface area (Å²) >= 11 is 0. The van der Waals surface area contributed by atoms with Crippen molar-refractivity contribution in [1.29, 1.82) is 0 Å². The molecule has 28 heavy (non-hydrogen) atoms. The quantitative estimate of drug-likeness (QED) is 0.347. The van der Waals surface area contributed by atoms with E-state index in [-0.39, 0.29) is 23.1 Å². The molecule has 0 bridgehead atoms. The van der Waals surface area contributed by atoms with Crippen molar-refractivity contribution in [3.05, 3.63) is 95.6 Å². The SMILES string of the molecule is COc1ccc(C(=O)/C(=C/c2ccc(F)cc2)c2nc3ccccc3o2)cc1. The van der Waals surface area contributed by atoms with Crippen molar-refractivity contribution in [2.75, 3.05) is 7.11 Å². The second-order valence-corrected chi connectivity index (χ2v) is 6.15. The summed E-state index contributed by atoms with van der Waals surface area (Å²) in [5, 5.41) is 0. The van der Waals surface area contributed by atoms with E-state index >= 15 is 0 Å². The third-order valence-corrected chi connectivity index (χ3v) is 4.30. The van der Waals surface area contributed by atoms with Crippen molar-refractivity contribution in [3.63, 3.8) is 0 Å². The molecule has 0 aliphatic rings. The molecular formula is C23H16FNO3. The van der Waals surface area contributed by atoms with Gasteiger partial charge in [-0.1, -0.05) is 24.3 Å². The third-order valence-electron chi connectivity index (χ3n) is 4.30. The Labute approximate surface area is 160 Å². The van der Waals surface area contributed by atoms with Gasteiger partial charge in [0.1, 0.15) is 17.1 Å². The first kappa shape index (κ1) is 17.7. The van der Waals surface area contributed by atoms with E-state index in [2.05, 4.69) is 4.98 Å². The van der Waals surface area contributed by atoms with E-state index in [1.165, 1.54) is 12.1 Å². The molecule has 0 radical (unpaired) electrons. The fraction of sp³-hybridized carbons (Fsp3) is 0.0435. The van der Waals surface area contributed by atoms with Crippen LogP contribution in [0.1, 0.15) is 21.8 Å². The maximum Gasteiger partial charge on any atom is 0.231 e. The molecule has 3 aromatic carbocycles. The van der Waals surface area contributed by atoms with E-state index in [9.17, 15) is 9.18 Å². The fourth-order valence-corrected chi connectivity index (χ4v) is 2.84. The molecule has 4 nitrogen and oxygen atoms in total. The number of aromatic nitrogens is 1. The van der Waals surface area contributed by atoms with Crippen molar-refractivity contribution in [1.82, 2.24) is 4.98 Å². The number of methoxy groups -OCH3 is 1. The average Bonchev–Trinajstić information content (AvgIpc) is 3.17. The van der Waals surface area contributed by atoms with Gasteiger partial charge in [-0.2, -0.15) is 0 Å². The summed E-state index contributed by atoms with van der Waals surface area (Å²) in [6.45, 7) is 0. The molecule has 138 valence electrons. The molecular weight excluding hydrogens is 357 g/mol. The van der Waals surface area contributed by atoms with Gasteiger partial charge in [0.15, 0.2) is 11.4 Å². The predicted octanol–water partition coefficient (Wildman–Crippen LogP) is 5.40. The first-order valence-corrected chi connectivity index (χ1v) is 8.66. The number of ketones is 1. The highest BCUT2D eigenvalue weighted by molar-refractivity contribution is 6.31. The van der Waals surface area contributed by atoms with E-state index in [1.54, 1.807) is 55.7 Å². The number of hydrogen-bond acceptors (Lipinski definition) is 4. The lowest BCUT2D eigenvalue weighted by atomic mass is 10.0. The lowest BCUT2D eigenvalue weighted by Crippen LogP contribution is -2.03. The number of nitrogens with zero attached hydrogens (tertiary/aromatic N) is 1. The molecule has 0 aliphatic heterocycles. The number of hydrogen-bond donors (Lipinski definition) is 0. The van der Waals surface area contributed by atoms with Crippen LogP contribution in [0.15, 0.2) is 77.2 Å². The zero-order valence-electron chi connectivity index (χ0n) is 15.1. The van der Waals surface area contributed by atoms with Crippen LogP contribution in [-0.2, 0) is 0 Å².